The molecule has 0 amide bonds. The zero-order chi connectivity index (χ0) is 12.8. The lowest BCUT2D eigenvalue weighted by atomic mass is 10.1. The molecule has 0 aromatic carbocycles. The summed E-state index contributed by atoms with van der Waals surface area (Å²) in [6.07, 6.45) is 0.291. The van der Waals surface area contributed by atoms with Gasteiger partial charge < -0.3 is 10.5 Å². The van der Waals surface area contributed by atoms with E-state index in [4.69, 9.17) is 10.5 Å². The Labute approximate surface area is 109 Å². The molecule has 0 radical (unpaired) electrons. The molecule has 17 heavy (non-hydrogen) atoms. The Morgan fingerprint density at radius 1 is 1.41 bits per heavy atom. The highest BCUT2D eigenvalue weighted by molar-refractivity contribution is 7.10. The third-order valence-corrected chi connectivity index (χ3v) is 3.65. The number of rotatable bonds is 7. The van der Waals surface area contributed by atoms with Crippen LogP contribution in [0.25, 0.3) is 0 Å². The summed E-state index contributed by atoms with van der Waals surface area (Å²) in [7, 11) is 2.11. The maximum atomic E-state index is 6.08. The van der Waals surface area contributed by atoms with Crippen molar-refractivity contribution in [3.8, 4) is 0 Å². The maximum Gasteiger partial charge on any atom is 0.0597 e. The predicted molar refractivity (Wildman–Crippen MR) is 74.4 cm³/mol. The van der Waals surface area contributed by atoms with Crippen LogP contribution < -0.4 is 5.73 Å². The fraction of sp³-hybridized carbons (Fsp3) is 0.692. The summed E-state index contributed by atoms with van der Waals surface area (Å²) in [5.74, 6) is 0. The van der Waals surface area contributed by atoms with Gasteiger partial charge in [0.2, 0.25) is 0 Å². The van der Waals surface area contributed by atoms with Crippen LogP contribution in [0.5, 0.6) is 0 Å². The third kappa shape index (κ3) is 4.76. The molecule has 1 aromatic heterocycles. The Morgan fingerprint density at radius 2 is 2.12 bits per heavy atom. The van der Waals surface area contributed by atoms with Gasteiger partial charge in [0.25, 0.3) is 0 Å². The summed E-state index contributed by atoms with van der Waals surface area (Å²) in [4.78, 5) is 3.60. The van der Waals surface area contributed by atoms with Crippen molar-refractivity contribution < 1.29 is 4.74 Å². The van der Waals surface area contributed by atoms with Gasteiger partial charge in [0, 0.05) is 17.5 Å². The van der Waals surface area contributed by atoms with Crippen molar-refractivity contribution in [3.63, 3.8) is 0 Å². The first-order valence-electron chi connectivity index (χ1n) is 6.13. The lowest BCUT2D eigenvalue weighted by Crippen LogP contribution is -2.38. The van der Waals surface area contributed by atoms with E-state index in [1.807, 2.05) is 0 Å². The van der Waals surface area contributed by atoms with Gasteiger partial charge in [0.05, 0.1) is 18.8 Å². The highest BCUT2D eigenvalue weighted by Gasteiger charge is 2.21. The number of thiophene rings is 1. The van der Waals surface area contributed by atoms with E-state index in [0.29, 0.717) is 6.10 Å². The van der Waals surface area contributed by atoms with E-state index in [9.17, 15) is 0 Å². The molecule has 0 bridgehead atoms. The largest absolute Gasteiger partial charge is 0.377 e. The third-order valence-electron chi connectivity index (χ3n) is 2.70. The number of hydrogen-bond donors (Lipinski definition) is 1. The molecule has 1 heterocycles. The Morgan fingerprint density at radius 3 is 2.59 bits per heavy atom. The lowest BCUT2D eigenvalue weighted by molar-refractivity contribution is 0.0539. The Bertz CT molecular complexity index is 298. The average molecular weight is 256 g/mol. The van der Waals surface area contributed by atoms with E-state index in [1.54, 1.807) is 11.3 Å². The molecule has 0 saturated carbocycles. The zero-order valence-electron chi connectivity index (χ0n) is 11.2. The van der Waals surface area contributed by atoms with Crippen molar-refractivity contribution in [2.75, 3.05) is 20.2 Å². The van der Waals surface area contributed by atoms with E-state index in [2.05, 4.69) is 50.2 Å². The van der Waals surface area contributed by atoms with E-state index in [-0.39, 0.29) is 12.1 Å². The van der Waals surface area contributed by atoms with Gasteiger partial charge >= 0.3 is 0 Å². The van der Waals surface area contributed by atoms with Crippen LogP contribution in [0, 0.1) is 0 Å². The van der Waals surface area contributed by atoms with Crippen molar-refractivity contribution in [1.29, 1.82) is 0 Å². The highest BCUT2D eigenvalue weighted by atomic mass is 32.1. The Hall–Kier alpha value is -0.420. The van der Waals surface area contributed by atoms with Crippen molar-refractivity contribution >= 4 is 11.3 Å². The second-order valence-electron chi connectivity index (χ2n) is 4.72. The molecule has 0 fully saturated rings. The van der Waals surface area contributed by atoms with Crippen LogP contribution in [0.3, 0.4) is 0 Å². The van der Waals surface area contributed by atoms with Gasteiger partial charge in [-0.2, -0.15) is 0 Å². The van der Waals surface area contributed by atoms with Gasteiger partial charge in [0.1, 0.15) is 0 Å². The number of hydrogen-bond acceptors (Lipinski definition) is 4. The minimum atomic E-state index is 0.123. The molecule has 98 valence electrons. The standard InChI is InChI=1S/C13H24N2OS/c1-10(2)16-8-7-15(4)13(11(3)14)12-6-5-9-17-12/h5-6,9-11,13H,7-8,14H2,1-4H3. The second kappa shape index (κ2) is 7.11. The van der Waals surface area contributed by atoms with Crippen LogP contribution in [-0.4, -0.2) is 37.2 Å². The minimum Gasteiger partial charge on any atom is -0.377 e. The summed E-state index contributed by atoms with van der Waals surface area (Å²) in [6.45, 7) is 7.83. The predicted octanol–water partition coefficient (Wildman–Crippen LogP) is 2.49. The van der Waals surface area contributed by atoms with Crippen molar-refractivity contribution in [2.24, 2.45) is 5.73 Å². The summed E-state index contributed by atoms with van der Waals surface area (Å²) in [5, 5.41) is 2.10. The van der Waals surface area contributed by atoms with Gasteiger partial charge in [-0.05, 0) is 39.3 Å². The lowest BCUT2D eigenvalue weighted by Gasteiger charge is -2.30. The first kappa shape index (κ1) is 14.6. The summed E-state index contributed by atoms with van der Waals surface area (Å²) >= 11 is 1.76. The van der Waals surface area contributed by atoms with E-state index >= 15 is 0 Å². The topological polar surface area (TPSA) is 38.5 Å². The van der Waals surface area contributed by atoms with E-state index in [1.165, 1.54) is 4.88 Å². The summed E-state index contributed by atoms with van der Waals surface area (Å²) in [6, 6.07) is 4.63. The molecule has 4 heteroatoms. The molecular weight excluding hydrogens is 232 g/mol. The normalized spacial score (nSPS) is 15.5. The Kier molecular flexibility index (Phi) is 6.12. The first-order chi connectivity index (χ1) is 8.02. The SMILES string of the molecule is CC(C)OCCN(C)C(c1cccs1)C(C)N. The van der Waals surface area contributed by atoms with Crippen LogP contribution in [0.2, 0.25) is 0 Å². The van der Waals surface area contributed by atoms with E-state index in [0.717, 1.165) is 13.2 Å². The van der Waals surface area contributed by atoms with Gasteiger partial charge in [-0.3, -0.25) is 4.90 Å². The minimum absolute atomic E-state index is 0.123. The zero-order valence-corrected chi connectivity index (χ0v) is 12.0. The van der Waals surface area contributed by atoms with Crippen molar-refractivity contribution in [3.05, 3.63) is 22.4 Å². The van der Waals surface area contributed by atoms with Gasteiger partial charge in [-0.25, -0.2) is 0 Å². The fourth-order valence-electron chi connectivity index (χ4n) is 1.91. The quantitative estimate of drug-likeness (QED) is 0.814. The Balaban J connectivity index is 2.53. The average Bonchev–Trinajstić information content (AvgIpc) is 2.69. The maximum absolute atomic E-state index is 6.08. The van der Waals surface area contributed by atoms with Crippen LogP contribution in [0.1, 0.15) is 31.7 Å². The molecule has 0 aliphatic rings. The van der Waals surface area contributed by atoms with Crippen molar-refractivity contribution in [1.82, 2.24) is 4.90 Å². The first-order valence-corrected chi connectivity index (χ1v) is 7.01. The van der Waals surface area contributed by atoms with Crippen LogP contribution in [0.15, 0.2) is 17.5 Å². The molecule has 2 atom stereocenters. The monoisotopic (exact) mass is 256 g/mol. The number of nitrogens with zero attached hydrogens (tertiary/aromatic N) is 1. The van der Waals surface area contributed by atoms with Crippen LogP contribution in [-0.2, 0) is 4.74 Å². The molecular formula is C13H24N2OS. The molecule has 1 aromatic rings. The molecule has 2 unspecified atom stereocenters. The molecule has 0 aliphatic heterocycles. The molecule has 0 spiro atoms. The van der Waals surface area contributed by atoms with Gasteiger partial charge in [0.15, 0.2) is 0 Å². The van der Waals surface area contributed by atoms with Gasteiger partial charge in [-0.1, -0.05) is 6.07 Å². The highest BCUT2D eigenvalue weighted by Crippen LogP contribution is 2.26. The fourth-order valence-corrected chi connectivity index (χ4v) is 2.91. The summed E-state index contributed by atoms with van der Waals surface area (Å²) < 4.78 is 5.58. The smallest absolute Gasteiger partial charge is 0.0597 e. The molecule has 0 saturated heterocycles. The molecule has 3 nitrogen and oxygen atoms in total. The number of ether oxygens (including phenoxy) is 1. The number of nitrogens with two attached hydrogens (primary N) is 1. The van der Waals surface area contributed by atoms with Crippen LogP contribution in [0.4, 0.5) is 0 Å². The second-order valence-corrected chi connectivity index (χ2v) is 5.70. The molecule has 1 rings (SSSR count). The number of likely N-dealkylation sites (N-methyl/N-ethyl adjacent to an activating group) is 1. The van der Waals surface area contributed by atoms with Crippen LogP contribution >= 0.6 is 11.3 Å². The van der Waals surface area contributed by atoms with E-state index < -0.39 is 0 Å². The van der Waals surface area contributed by atoms with Gasteiger partial charge in [-0.15, -0.1) is 11.3 Å². The summed E-state index contributed by atoms with van der Waals surface area (Å²) in [5.41, 5.74) is 6.08. The van der Waals surface area contributed by atoms with Crippen molar-refractivity contribution in [2.45, 2.75) is 39.0 Å². The molecule has 0 aliphatic carbocycles. The molecule has 2 N–H and O–H groups in total.